The molecule has 0 saturated carbocycles. The molecule has 1 rings (SSSR count). The van der Waals surface area contributed by atoms with E-state index in [0.29, 0.717) is 11.5 Å². The first-order valence-corrected chi connectivity index (χ1v) is 8.01. The molecule has 0 saturated heterocycles. The van der Waals surface area contributed by atoms with Gasteiger partial charge in [0.2, 0.25) is 0 Å². The van der Waals surface area contributed by atoms with Crippen LogP contribution >= 0.6 is 24.0 Å². The molecule has 0 amide bonds. The topological polar surface area (TPSA) is 88.8 Å². The molecule has 1 aromatic carbocycles. The van der Waals surface area contributed by atoms with Gasteiger partial charge in [0.1, 0.15) is 0 Å². The van der Waals surface area contributed by atoms with Gasteiger partial charge in [0.05, 0.1) is 17.0 Å². The Labute approximate surface area is 160 Å². The van der Waals surface area contributed by atoms with Gasteiger partial charge in [-0.15, -0.1) is 24.0 Å². The van der Waals surface area contributed by atoms with E-state index >= 15 is 0 Å². The molecular weight excluding hydrogens is 423 g/mol. The molecule has 7 nitrogen and oxygen atoms in total. The number of aliphatic imine (C=N–C) groups is 1. The normalized spacial score (nSPS) is 10.8. The Balaban J connectivity index is 0.00000529. The second kappa shape index (κ2) is 14.0. The van der Waals surface area contributed by atoms with Crippen LogP contribution < -0.4 is 10.6 Å². The number of nitrogens with zero attached hydrogens (tertiary/aromatic N) is 2. The van der Waals surface area contributed by atoms with Crippen molar-refractivity contribution < 1.29 is 9.66 Å². The second-order valence-corrected chi connectivity index (χ2v) is 4.91. The fourth-order valence-corrected chi connectivity index (χ4v) is 2.01. The molecule has 0 aliphatic heterocycles. The van der Waals surface area contributed by atoms with Gasteiger partial charge in [0, 0.05) is 32.4 Å². The number of hydrogen-bond donors (Lipinski definition) is 2. The lowest BCUT2D eigenvalue weighted by Gasteiger charge is -2.11. The number of unbranched alkanes of at least 4 members (excludes halogenated alkanes) is 1. The lowest BCUT2D eigenvalue weighted by molar-refractivity contribution is -0.385. The van der Waals surface area contributed by atoms with Gasteiger partial charge in [0.25, 0.3) is 5.69 Å². The minimum Gasteiger partial charge on any atom is -0.382 e. The molecule has 0 radical (unpaired) electrons. The molecule has 136 valence electrons. The smallest absolute Gasteiger partial charge is 0.274 e. The minimum atomic E-state index is -0.376. The summed E-state index contributed by atoms with van der Waals surface area (Å²) in [5.41, 5.74) is 0.704. The number of benzene rings is 1. The van der Waals surface area contributed by atoms with Crippen molar-refractivity contribution in [2.24, 2.45) is 4.99 Å². The van der Waals surface area contributed by atoms with Crippen LogP contribution in [0.25, 0.3) is 0 Å². The van der Waals surface area contributed by atoms with Crippen LogP contribution in [0.2, 0.25) is 0 Å². The number of hydrogen-bond acceptors (Lipinski definition) is 4. The summed E-state index contributed by atoms with van der Waals surface area (Å²) < 4.78 is 5.29. The van der Waals surface area contributed by atoms with Crippen LogP contribution in [0.4, 0.5) is 5.69 Å². The van der Waals surface area contributed by atoms with Crippen molar-refractivity contribution in [2.75, 3.05) is 26.3 Å². The van der Waals surface area contributed by atoms with Crippen molar-refractivity contribution in [1.29, 1.82) is 0 Å². The van der Waals surface area contributed by atoms with Crippen LogP contribution in [0.5, 0.6) is 0 Å². The van der Waals surface area contributed by atoms with Gasteiger partial charge in [0.15, 0.2) is 5.96 Å². The molecule has 0 spiro atoms. The largest absolute Gasteiger partial charge is 0.382 e. The minimum absolute atomic E-state index is 0. The summed E-state index contributed by atoms with van der Waals surface area (Å²) in [5, 5.41) is 17.4. The third-order valence-electron chi connectivity index (χ3n) is 3.15. The van der Waals surface area contributed by atoms with Gasteiger partial charge in [-0.25, -0.2) is 4.99 Å². The summed E-state index contributed by atoms with van der Waals surface area (Å²) in [4.78, 5) is 15.0. The van der Waals surface area contributed by atoms with Crippen LogP contribution in [0.1, 0.15) is 32.3 Å². The third-order valence-corrected chi connectivity index (χ3v) is 3.15. The Kier molecular flexibility index (Phi) is 13.1. The highest BCUT2D eigenvalue weighted by molar-refractivity contribution is 14.0. The predicted octanol–water partition coefficient (Wildman–Crippen LogP) is 3.08. The molecule has 1 aromatic rings. The second-order valence-electron chi connectivity index (χ2n) is 4.91. The molecule has 0 bridgehead atoms. The van der Waals surface area contributed by atoms with E-state index in [4.69, 9.17) is 4.74 Å². The van der Waals surface area contributed by atoms with Crippen molar-refractivity contribution >= 4 is 35.6 Å². The summed E-state index contributed by atoms with van der Waals surface area (Å²) in [5.74, 6) is 0.669. The highest BCUT2D eigenvalue weighted by Crippen LogP contribution is 2.18. The van der Waals surface area contributed by atoms with Crippen LogP contribution in [-0.2, 0) is 11.3 Å². The first-order chi connectivity index (χ1) is 11.2. The van der Waals surface area contributed by atoms with Crippen molar-refractivity contribution in [2.45, 2.75) is 33.2 Å². The van der Waals surface area contributed by atoms with E-state index in [1.807, 2.05) is 13.8 Å². The van der Waals surface area contributed by atoms with Crippen LogP contribution in [-0.4, -0.2) is 37.2 Å². The number of rotatable bonds is 10. The molecule has 24 heavy (non-hydrogen) atoms. The first kappa shape index (κ1) is 22.6. The number of para-hydroxylation sites is 1. The van der Waals surface area contributed by atoms with Crippen LogP contribution in [0, 0.1) is 10.1 Å². The summed E-state index contributed by atoms with van der Waals surface area (Å²) >= 11 is 0. The zero-order valence-electron chi connectivity index (χ0n) is 14.3. The maximum atomic E-state index is 11.0. The Morgan fingerprint density at radius 1 is 1.25 bits per heavy atom. The maximum absolute atomic E-state index is 11.0. The zero-order chi connectivity index (χ0) is 16.9. The van der Waals surface area contributed by atoms with Crippen LogP contribution in [0.3, 0.4) is 0 Å². The van der Waals surface area contributed by atoms with Gasteiger partial charge in [-0.1, -0.05) is 18.2 Å². The lowest BCUT2D eigenvalue weighted by atomic mass is 10.2. The molecule has 0 fully saturated rings. The first-order valence-electron chi connectivity index (χ1n) is 8.01. The Hall–Kier alpha value is -1.42. The highest BCUT2D eigenvalue weighted by atomic mass is 127. The number of nitro benzene ring substituents is 1. The molecule has 0 aromatic heterocycles. The van der Waals surface area contributed by atoms with Crippen molar-refractivity contribution in [3.8, 4) is 0 Å². The monoisotopic (exact) mass is 450 g/mol. The fourth-order valence-electron chi connectivity index (χ4n) is 2.01. The van der Waals surface area contributed by atoms with Crippen molar-refractivity contribution in [3.05, 3.63) is 39.9 Å². The molecule has 8 heteroatoms. The Bertz CT molecular complexity index is 512. The van der Waals surface area contributed by atoms with Crippen molar-refractivity contribution in [3.63, 3.8) is 0 Å². The highest BCUT2D eigenvalue weighted by Gasteiger charge is 2.11. The van der Waals surface area contributed by atoms with E-state index in [0.717, 1.165) is 39.1 Å². The molecular formula is C16H27IN4O3. The number of nitrogens with one attached hydrogen (secondary N) is 2. The lowest BCUT2D eigenvalue weighted by Crippen LogP contribution is -2.37. The Morgan fingerprint density at radius 2 is 2.00 bits per heavy atom. The van der Waals surface area contributed by atoms with E-state index in [9.17, 15) is 10.1 Å². The zero-order valence-corrected chi connectivity index (χ0v) is 16.6. The molecule has 0 atom stereocenters. The van der Waals surface area contributed by atoms with E-state index in [1.165, 1.54) is 6.07 Å². The predicted molar refractivity (Wildman–Crippen MR) is 107 cm³/mol. The van der Waals surface area contributed by atoms with E-state index < -0.39 is 0 Å². The van der Waals surface area contributed by atoms with E-state index in [-0.39, 0.29) is 41.1 Å². The number of ether oxygens (including phenoxy) is 1. The van der Waals surface area contributed by atoms with Gasteiger partial charge >= 0.3 is 0 Å². The summed E-state index contributed by atoms with van der Waals surface area (Å²) in [7, 11) is 0. The van der Waals surface area contributed by atoms with Crippen LogP contribution in [0.15, 0.2) is 29.3 Å². The maximum Gasteiger partial charge on any atom is 0.274 e. The average Bonchev–Trinajstić information content (AvgIpc) is 2.55. The van der Waals surface area contributed by atoms with Gasteiger partial charge in [-0.2, -0.15) is 0 Å². The number of halogens is 1. The van der Waals surface area contributed by atoms with E-state index in [2.05, 4.69) is 15.6 Å². The number of nitro groups is 1. The number of guanidine groups is 1. The quantitative estimate of drug-likeness (QED) is 0.143. The standard InChI is InChI=1S/C16H26N4O3.HI/c1-3-17-16(18-11-7-8-12-23-4-2)19-13-14-9-5-6-10-15(14)20(21)22;/h5-6,9-10H,3-4,7-8,11-13H2,1-2H3,(H2,17,18,19);1H. The van der Waals surface area contributed by atoms with Crippen molar-refractivity contribution in [1.82, 2.24) is 10.6 Å². The average molecular weight is 450 g/mol. The van der Waals surface area contributed by atoms with Gasteiger partial charge in [-0.05, 0) is 26.7 Å². The SMILES string of the molecule is CCNC(=NCc1ccccc1[N+](=O)[O-])NCCCCOCC.I. The molecule has 0 aliphatic carbocycles. The fraction of sp³-hybridized carbons (Fsp3) is 0.562. The Morgan fingerprint density at radius 3 is 2.67 bits per heavy atom. The molecule has 2 N–H and O–H groups in total. The van der Waals surface area contributed by atoms with E-state index in [1.54, 1.807) is 18.2 Å². The summed E-state index contributed by atoms with van der Waals surface area (Å²) in [6.07, 6.45) is 1.97. The van der Waals surface area contributed by atoms with Gasteiger partial charge < -0.3 is 15.4 Å². The third kappa shape index (κ3) is 9.02. The molecule has 0 unspecified atom stereocenters. The molecule has 0 aliphatic rings. The molecule has 0 heterocycles. The van der Waals surface area contributed by atoms with Gasteiger partial charge in [-0.3, -0.25) is 10.1 Å². The summed E-state index contributed by atoms with van der Waals surface area (Å²) in [6.45, 7) is 7.27. The summed E-state index contributed by atoms with van der Waals surface area (Å²) in [6, 6.07) is 6.67.